The highest BCUT2D eigenvalue weighted by Crippen LogP contribution is 2.16. The minimum absolute atomic E-state index is 0.00988. The number of hydrogen-bond acceptors (Lipinski definition) is 6. The largest absolute Gasteiger partial charge is 0.473 e. The number of amides is 1. The monoisotopic (exact) mass is 449 g/mol. The van der Waals surface area contributed by atoms with Crippen LogP contribution in [0.15, 0.2) is 48.5 Å². The van der Waals surface area contributed by atoms with Crippen molar-refractivity contribution in [2.45, 2.75) is 6.54 Å². The van der Waals surface area contributed by atoms with Crippen LogP contribution < -0.4 is 0 Å². The van der Waals surface area contributed by atoms with E-state index in [4.69, 9.17) is 31.4 Å². The van der Waals surface area contributed by atoms with Crippen molar-refractivity contribution in [2.24, 2.45) is 0 Å². The molecule has 1 heterocycles. The number of nitro benzene ring substituents is 1. The molecule has 0 bridgehead atoms. The second kappa shape index (κ2) is 11.0. The molecule has 0 unspecified atom stereocenters. The maximum Gasteiger partial charge on any atom is 0.414 e. The van der Waals surface area contributed by atoms with Crippen molar-refractivity contribution in [3.05, 3.63) is 74.8 Å². The molecular formula is C20H20ClN3O7. The zero-order chi connectivity index (χ0) is 23.0. The molecule has 1 aliphatic rings. The maximum atomic E-state index is 12.5. The van der Waals surface area contributed by atoms with Crippen LogP contribution in [0.4, 0.5) is 5.69 Å². The Kier molecular flexibility index (Phi) is 8.47. The second-order valence-corrected chi connectivity index (χ2v) is 7.05. The summed E-state index contributed by atoms with van der Waals surface area (Å²) in [7, 11) is 0. The van der Waals surface area contributed by atoms with Crippen LogP contribution in [0.5, 0.6) is 0 Å². The van der Waals surface area contributed by atoms with Crippen molar-refractivity contribution in [3.8, 4) is 0 Å². The fraction of sp³-hybridized carbons (Fsp3) is 0.250. The van der Waals surface area contributed by atoms with E-state index >= 15 is 0 Å². The second-order valence-electron chi connectivity index (χ2n) is 6.61. The van der Waals surface area contributed by atoms with Gasteiger partial charge in [0.25, 0.3) is 11.6 Å². The third-order valence-electron chi connectivity index (χ3n) is 4.49. The van der Waals surface area contributed by atoms with Gasteiger partial charge in [-0.2, -0.15) is 0 Å². The van der Waals surface area contributed by atoms with E-state index in [1.54, 1.807) is 4.90 Å². The van der Waals surface area contributed by atoms with Crippen molar-refractivity contribution in [1.82, 2.24) is 9.80 Å². The van der Waals surface area contributed by atoms with Gasteiger partial charge >= 0.3 is 11.9 Å². The molecule has 3 rings (SSSR count). The predicted molar refractivity (Wildman–Crippen MR) is 111 cm³/mol. The molecule has 0 aliphatic carbocycles. The normalized spacial score (nSPS) is 13.6. The first kappa shape index (κ1) is 23.8. The molecule has 0 spiro atoms. The molecule has 2 aromatic rings. The Labute approximate surface area is 182 Å². The number of hydrogen-bond donors (Lipinski definition) is 2. The first-order valence-electron chi connectivity index (χ1n) is 9.14. The summed E-state index contributed by atoms with van der Waals surface area (Å²) < 4.78 is 0. The van der Waals surface area contributed by atoms with Crippen molar-refractivity contribution >= 4 is 35.1 Å². The highest BCUT2D eigenvalue weighted by Gasteiger charge is 2.22. The standard InChI is InChI=1S/C18H18ClN3O3.C2H2O4/c19-16-5-1-14(2-6-16)13-20-9-11-21(12-10-20)18(23)15-3-7-17(8-4-15)22(24)25;3-1(4)2(5)6/h1-8H,9-13H2;(H,3,4)(H,5,6). The third-order valence-corrected chi connectivity index (χ3v) is 4.74. The van der Waals surface area contributed by atoms with Crippen LogP contribution >= 0.6 is 11.6 Å². The smallest absolute Gasteiger partial charge is 0.414 e. The van der Waals surface area contributed by atoms with Crippen LogP contribution in [0.1, 0.15) is 15.9 Å². The summed E-state index contributed by atoms with van der Waals surface area (Å²) in [4.78, 5) is 45.0. The molecular weight excluding hydrogens is 430 g/mol. The van der Waals surface area contributed by atoms with E-state index in [9.17, 15) is 14.9 Å². The number of carboxylic acids is 2. The Morgan fingerprint density at radius 1 is 0.903 bits per heavy atom. The van der Waals surface area contributed by atoms with Gasteiger partial charge in [-0.15, -0.1) is 0 Å². The first-order chi connectivity index (χ1) is 14.7. The van der Waals surface area contributed by atoms with Crippen molar-refractivity contribution in [3.63, 3.8) is 0 Å². The minimum Gasteiger partial charge on any atom is -0.473 e. The van der Waals surface area contributed by atoms with Crippen LogP contribution in [-0.2, 0) is 16.1 Å². The molecule has 0 aromatic heterocycles. The van der Waals surface area contributed by atoms with E-state index in [0.29, 0.717) is 18.7 Å². The molecule has 164 valence electrons. The quantitative estimate of drug-likeness (QED) is 0.411. The first-order valence-corrected chi connectivity index (χ1v) is 9.52. The van der Waals surface area contributed by atoms with Crippen LogP contribution in [0, 0.1) is 10.1 Å². The van der Waals surface area contributed by atoms with E-state index in [0.717, 1.165) is 24.7 Å². The topological polar surface area (TPSA) is 141 Å². The lowest BCUT2D eigenvalue weighted by Crippen LogP contribution is -2.48. The number of halogens is 1. The lowest BCUT2D eigenvalue weighted by atomic mass is 10.1. The van der Waals surface area contributed by atoms with Gasteiger partial charge in [0.1, 0.15) is 0 Å². The van der Waals surface area contributed by atoms with E-state index < -0.39 is 16.9 Å². The summed E-state index contributed by atoms with van der Waals surface area (Å²) in [6.07, 6.45) is 0. The van der Waals surface area contributed by atoms with E-state index in [-0.39, 0.29) is 11.6 Å². The number of nitrogens with zero attached hydrogens (tertiary/aromatic N) is 3. The van der Waals surface area contributed by atoms with Crippen LogP contribution in [0.2, 0.25) is 5.02 Å². The average molecular weight is 450 g/mol. The highest BCUT2D eigenvalue weighted by molar-refractivity contribution is 6.30. The number of non-ortho nitro benzene ring substituents is 1. The fourth-order valence-corrected chi connectivity index (χ4v) is 2.99. The SMILES string of the molecule is O=C(O)C(=O)O.O=C(c1ccc([N+](=O)[O-])cc1)N1CCN(Cc2ccc(Cl)cc2)CC1. The predicted octanol–water partition coefficient (Wildman–Crippen LogP) is 2.36. The third kappa shape index (κ3) is 7.36. The molecule has 1 amide bonds. The Morgan fingerprint density at radius 2 is 1.42 bits per heavy atom. The van der Waals surface area contributed by atoms with Crippen molar-refractivity contribution in [1.29, 1.82) is 0 Å². The van der Waals surface area contributed by atoms with Crippen LogP contribution in [-0.4, -0.2) is 69.0 Å². The van der Waals surface area contributed by atoms with Gasteiger partial charge in [-0.05, 0) is 29.8 Å². The number of carbonyl (C=O) groups is 3. The minimum atomic E-state index is -1.82. The Morgan fingerprint density at radius 3 is 1.87 bits per heavy atom. The van der Waals surface area contributed by atoms with E-state index in [1.807, 2.05) is 24.3 Å². The number of benzene rings is 2. The van der Waals surface area contributed by atoms with Gasteiger partial charge in [0.05, 0.1) is 4.92 Å². The van der Waals surface area contributed by atoms with Crippen LogP contribution in [0.25, 0.3) is 0 Å². The molecule has 11 heteroatoms. The highest BCUT2D eigenvalue weighted by atomic mass is 35.5. The zero-order valence-corrected chi connectivity index (χ0v) is 17.1. The molecule has 0 radical (unpaired) electrons. The summed E-state index contributed by atoms with van der Waals surface area (Å²) >= 11 is 5.90. The van der Waals surface area contributed by atoms with Gasteiger partial charge in [-0.3, -0.25) is 19.8 Å². The van der Waals surface area contributed by atoms with Gasteiger partial charge in [-0.1, -0.05) is 23.7 Å². The number of carbonyl (C=O) groups excluding carboxylic acids is 1. The number of piperazine rings is 1. The molecule has 1 fully saturated rings. The lowest BCUT2D eigenvalue weighted by molar-refractivity contribution is -0.384. The molecule has 10 nitrogen and oxygen atoms in total. The average Bonchev–Trinajstić information content (AvgIpc) is 2.76. The number of carboxylic acid groups (broad SMARTS) is 2. The summed E-state index contributed by atoms with van der Waals surface area (Å²) in [6, 6.07) is 13.5. The maximum absolute atomic E-state index is 12.5. The molecule has 2 N–H and O–H groups in total. The van der Waals surface area contributed by atoms with Crippen LogP contribution in [0.3, 0.4) is 0 Å². The van der Waals surface area contributed by atoms with Gasteiger partial charge in [-0.25, -0.2) is 9.59 Å². The summed E-state index contributed by atoms with van der Waals surface area (Å²) in [5.41, 5.74) is 1.67. The molecule has 1 aliphatic heterocycles. The Hall–Kier alpha value is -3.50. The summed E-state index contributed by atoms with van der Waals surface area (Å²) in [5, 5.41) is 26.2. The lowest BCUT2D eigenvalue weighted by Gasteiger charge is -2.34. The zero-order valence-electron chi connectivity index (χ0n) is 16.3. The fourth-order valence-electron chi connectivity index (χ4n) is 2.87. The van der Waals surface area contributed by atoms with E-state index in [1.165, 1.54) is 29.8 Å². The molecule has 1 saturated heterocycles. The van der Waals surface area contributed by atoms with E-state index in [2.05, 4.69) is 4.90 Å². The molecule has 2 aromatic carbocycles. The summed E-state index contributed by atoms with van der Waals surface area (Å²) in [5.74, 6) is -3.73. The number of aliphatic carboxylic acids is 2. The number of rotatable bonds is 4. The van der Waals surface area contributed by atoms with Crippen molar-refractivity contribution < 1.29 is 29.5 Å². The molecule has 0 atom stereocenters. The van der Waals surface area contributed by atoms with Gasteiger partial charge < -0.3 is 15.1 Å². The number of nitro groups is 1. The molecule has 0 saturated carbocycles. The molecule has 31 heavy (non-hydrogen) atoms. The van der Waals surface area contributed by atoms with Gasteiger partial charge in [0, 0.05) is 55.4 Å². The van der Waals surface area contributed by atoms with Gasteiger partial charge in [0.15, 0.2) is 0 Å². The van der Waals surface area contributed by atoms with Gasteiger partial charge in [0.2, 0.25) is 0 Å². The Balaban J connectivity index is 0.000000501. The summed E-state index contributed by atoms with van der Waals surface area (Å²) in [6.45, 7) is 3.70. The van der Waals surface area contributed by atoms with Crippen molar-refractivity contribution in [2.75, 3.05) is 26.2 Å². The Bertz CT molecular complexity index is 928.